The summed E-state index contributed by atoms with van der Waals surface area (Å²) in [5.41, 5.74) is -0.539. The standard InChI is InChI=1S/C32H54O5/c1-26(2)19(17-33)9-12-32-18-31(32)14-13-28(5)24(30(7)11-10-23(37-30)27(3,4)35)20(34)16-29(28,6)22(31)15-21(36-8)25(26)32/h19-25,33-35H,9-18H2,1-8H3/t19-,20+,21+,22+,23+,24+,25+,28-,29+,30-,31+,32-/m1/s1. The Hall–Kier alpha value is -0.200. The minimum Gasteiger partial charge on any atom is -0.396 e. The van der Waals surface area contributed by atoms with Gasteiger partial charge in [-0.1, -0.05) is 27.7 Å². The highest BCUT2D eigenvalue weighted by molar-refractivity contribution is 5.33. The molecule has 6 rings (SSSR count). The molecule has 0 aromatic heterocycles. The monoisotopic (exact) mass is 518 g/mol. The Balaban J connectivity index is 1.37. The lowest BCUT2D eigenvalue weighted by Crippen LogP contribution is -2.62. The van der Waals surface area contributed by atoms with Gasteiger partial charge in [0.1, 0.15) is 0 Å². The molecule has 1 saturated heterocycles. The molecule has 1 aliphatic heterocycles. The largest absolute Gasteiger partial charge is 0.396 e. The summed E-state index contributed by atoms with van der Waals surface area (Å²) in [5, 5.41) is 32.8. The summed E-state index contributed by atoms with van der Waals surface area (Å²) in [6.45, 7) is 16.0. The summed E-state index contributed by atoms with van der Waals surface area (Å²) in [4.78, 5) is 0. The third-order valence-corrected chi connectivity index (χ3v) is 14.5. The first-order valence-corrected chi connectivity index (χ1v) is 15.3. The van der Waals surface area contributed by atoms with E-state index in [4.69, 9.17) is 9.47 Å². The van der Waals surface area contributed by atoms with Crippen LogP contribution in [0.25, 0.3) is 0 Å². The molecule has 0 radical (unpaired) electrons. The van der Waals surface area contributed by atoms with Crippen LogP contribution in [0.3, 0.4) is 0 Å². The van der Waals surface area contributed by atoms with Crippen molar-refractivity contribution < 1.29 is 24.8 Å². The van der Waals surface area contributed by atoms with Crippen molar-refractivity contribution in [3.05, 3.63) is 0 Å². The lowest BCUT2D eigenvalue weighted by Gasteiger charge is -2.65. The maximum absolute atomic E-state index is 11.9. The summed E-state index contributed by atoms with van der Waals surface area (Å²) in [6, 6.07) is 0. The predicted molar refractivity (Wildman–Crippen MR) is 144 cm³/mol. The lowest BCUT2D eigenvalue weighted by molar-refractivity contribution is -0.213. The van der Waals surface area contributed by atoms with Crippen LogP contribution in [0.1, 0.15) is 106 Å². The Morgan fingerprint density at radius 2 is 1.62 bits per heavy atom. The molecular weight excluding hydrogens is 464 g/mol. The van der Waals surface area contributed by atoms with Gasteiger partial charge in [0.05, 0.1) is 29.5 Å². The highest BCUT2D eigenvalue weighted by Crippen LogP contribution is 2.89. The van der Waals surface area contributed by atoms with Gasteiger partial charge in [-0.05, 0) is 123 Å². The van der Waals surface area contributed by atoms with E-state index in [-0.39, 0.29) is 47.1 Å². The van der Waals surface area contributed by atoms with Crippen LogP contribution >= 0.6 is 0 Å². The van der Waals surface area contributed by atoms with Gasteiger partial charge in [0.25, 0.3) is 0 Å². The zero-order valence-corrected chi connectivity index (χ0v) is 24.8. The molecule has 0 aromatic rings. The van der Waals surface area contributed by atoms with Crippen molar-refractivity contribution in [1.82, 2.24) is 0 Å². The van der Waals surface area contributed by atoms with Crippen LogP contribution in [-0.4, -0.2) is 58.6 Å². The van der Waals surface area contributed by atoms with E-state index >= 15 is 0 Å². The molecule has 0 unspecified atom stereocenters. The molecule has 6 aliphatic rings. The number of rotatable bonds is 4. The lowest BCUT2D eigenvalue weighted by atomic mass is 9.40. The van der Waals surface area contributed by atoms with Crippen LogP contribution in [0, 0.1) is 50.7 Å². The van der Waals surface area contributed by atoms with Gasteiger partial charge in [-0.3, -0.25) is 0 Å². The van der Waals surface area contributed by atoms with Crippen LogP contribution in [-0.2, 0) is 9.47 Å². The molecule has 3 N–H and O–H groups in total. The SMILES string of the molecule is CO[C@H]1C[C@@H]2[C@]3(CC[C@]4(C)[C@@H]([C@@]5(C)CC[C@@H](C(C)(C)O)O5)[C@@H](O)C[C@@]24C)C[C@@]32CC[C@H](CO)C(C)(C)[C@H]12. The van der Waals surface area contributed by atoms with Crippen LogP contribution in [0.5, 0.6) is 0 Å². The molecule has 37 heavy (non-hydrogen) atoms. The number of hydrogen-bond acceptors (Lipinski definition) is 5. The minimum atomic E-state index is -0.868. The van der Waals surface area contributed by atoms with Gasteiger partial charge in [0.15, 0.2) is 0 Å². The zero-order valence-electron chi connectivity index (χ0n) is 24.8. The zero-order chi connectivity index (χ0) is 27.0. The minimum absolute atomic E-state index is 0.0156. The van der Waals surface area contributed by atoms with Gasteiger partial charge in [-0.25, -0.2) is 0 Å². The van der Waals surface area contributed by atoms with Crippen molar-refractivity contribution in [2.24, 2.45) is 50.7 Å². The highest BCUT2D eigenvalue weighted by atomic mass is 16.5. The number of ether oxygens (including phenoxy) is 2. The van der Waals surface area contributed by atoms with Crippen molar-refractivity contribution in [3.63, 3.8) is 0 Å². The Morgan fingerprint density at radius 3 is 2.22 bits per heavy atom. The molecule has 5 nitrogen and oxygen atoms in total. The summed E-state index contributed by atoms with van der Waals surface area (Å²) >= 11 is 0. The molecule has 5 heteroatoms. The van der Waals surface area contributed by atoms with Crippen molar-refractivity contribution >= 4 is 0 Å². The maximum atomic E-state index is 11.9. The summed E-state index contributed by atoms with van der Waals surface area (Å²) in [5.74, 6) is 1.45. The van der Waals surface area contributed by atoms with Crippen molar-refractivity contribution in [3.8, 4) is 0 Å². The highest BCUT2D eigenvalue weighted by Gasteiger charge is 2.84. The Kier molecular flexibility index (Phi) is 5.65. The molecule has 12 atom stereocenters. The van der Waals surface area contributed by atoms with Crippen LogP contribution in [0.4, 0.5) is 0 Å². The fourth-order valence-corrected chi connectivity index (χ4v) is 12.7. The summed E-state index contributed by atoms with van der Waals surface area (Å²) in [6.07, 6.45) is 9.32. The average Bonchev–Trinajstić information content (AvgIpc) is 3.16. The van der Waals surface area contributed by atoms with E-state index < -0.39 is 11.2 Å². The number of methoxy groups -OCH3 is 1. The molecule has 0 bridgehead atoms. The van der Waals surface area contributed by atoms with E-state index in [0.29, 0.717) is 28.6 Å². The second kappa shape index (κ2) is 7.75. The van der Waals surface area contributed by atoms with Gasteiger partial charge < -0.3 is 24.8 Å². The normalized spacial score (nSPS) is 58.3. The van der Waals surface area contributed by atoms with E-state index in [0.717, 1.165) is 38.5 Å². The molecule has 212 valence electrons. The van der Waals surface area contributed by atoms with Crippen molar-refractivity contribution in [2.75, 3.05) is 13.7 Å². The van der Waals surface area contributed by atoms with Gasteiger partial charge >= 0.3 is 0 Å². The number of aliphatic hydroxyl groups excluding tert-OH is 2. The molecule has 0 amide bonds. The number of aliphatic hydroxyl groups is 3. The van der Waals surface area contributed by atoms with Gasteiger partial charge in [0.2, 0.25) is 0 Å². The van der Waals surface area contributed by atoms with Crippen LogP contribution in [0.15, 0.2) is 0 Å². The molecule has 5 aliphatic carbocycles. The fraction of sp³-hybridized carbons (Fsp3) is 1.00. The molecule has 2 spiro atoms. The first-order valence-electron chi connectivity index (χ1n) is 15.3. The third kappa shape index (κ3) is 3.10. The van der Waals surface area contributed by atoms with E-state index in [9.17, 15) is 15.3 Å². The molecular formula is C32H54O5. The molecule has 6 fully saturated rings. The first-order chi connectivity index (χ1) is 17.1. The predicted octanol–water partition coefficient (Wildman–Crippen LogP) is 5.34. The summed E-state index contributed by atoms with van der Waals surface area (Å²) < 4.78 is 13.1. The Morgan fingerprint density at radius 1 is 0.919 bits per heavy atom. The van der Waals surface area contributed by atoms with Gasteiger partial charge in [-0.2, -0.15) is 0 Å². The van der Waals surface area contributed by atoms with E-state index in [1.165, 1.54) is 19.3 Å². The number of fused-ring (bicyclic) bond motifs is 2. The second-order valence-electron chi connectivity index (χ2n) is 16.5. The van der Waals surface area contributed by atoms with Crippen molar-refractivity contribution in [2.45, 2.75) is 136 Å². The van der Waals surface area contributed by atoms with Gasteiger partial charge in [-0.15, -0.1) is 0 Å². The molecule has 0 aromatic carbocycles. The Labute approximate surface area is 225 Å². The molecule has 5 saturated carbocycles. The first kappa shape index (κ1) is 27.0. The van der Waals surface area contributed by atoms with Gasteiger partial charge in [0, 0.05) is 19.6 Å². The van der Waals surface area contributed by atoms with Crippen molar-refractivity contribution in [1.29, 1.82) is 0 Å². The quantitative estimate of drug-likeness (QED) is 0.468. The second-order valence-corrected chi connectivity index (χ2v) is 16.5. The van der Waals surface area contributed by atoms with E-state index in [1.54, 1.807) is 0 Å². The maximum Gasteiger partial charge on any atom is 0.0865 e. The van der Waals surface area contributed by atoms with E-state index in [1.807, 2.05) is 21.0 Å². The third-order valence-electron chi connectivity index (χ3n) is 14.5. The van der Waals surface area contributed by atoms with Crippen LogP contribution < -0.4 is 0 Å². The fourth-order valence-electron chi connectivity index (χ4n) is 12.7. The topological polar surface area (TPSA) is 79.2 Å². The van der Waals surface area contributed by atoms with Crippen LogP contribution in [0.2, 0.25) is 0 Å². The number of hydrogen-bond donors (Lipinski definition) is 3. The smallest absolute Gasteiger partial charge is 0.0865 e. The Bertz CT molecular complexity index is 942. The molecule has 1 heterocycles. The summed E-state index contributed by atoms with van der Waals surface area (Å²) in [7, 11) is 1.91. The van der Waals surface area contributed by atoms with E-state index in [2.05, 4.69) is 34.6 Å². The average molecular weight is 519 g/mol.